The van der Waals surface area contributed by atoms with Crippen molar-refractivity contribution < 1.29 is 0 Å². The van der Waals surface area contributed by atoms with Crippen LogP contribution in [0.3, 0.4) is 0 Å². The summed E-state index contributed by atoms with van der Waals surface area (Å²) >= 11 is 0. The molecule has 48 heavy (non-hydrogen) atoms. The van der Waals surface area contributed by atoms with E-state index in [0.717, 1.165) is 11.4 Å². The van der Waals surface area contributed by atoms with Crippen molar-refractivity contribution in [2.45, 2.75) is 23.7 Å². The fraction of sp³-hybridized carbons (Fsp3) is 0.0870. The molecule has 0 fully saturated rings. The molecule has 0 bridgehead atoms. The molecular weight excluding hydrogens is 581 g/mol. The first-order valence-electron chi connectivity index (χ1n) is 17.0. The van der Waals surface area contributed by atoms with Crippen LogP contribution in [0.5, 0.6) is 0 Å². The number of aromatic nitrogens is 2. The molecule has 2 heterocycles. The molecule has 0 radical (unpaired) electrons. The summed E-state index contributed by atoms with van der Waals surface area (Å²) in [6.07, 6.45) is 40.2. The summed E-state index contributed by atoms with van der Waals surface area (Å²) in [5, 5.41) is 15.4. The zero-order chi connectivity index (χ0) is 31.3. The Morgan fingerprint density at radius 2 is 1.04 bits per heavy atom. The summed E-state index contributed by atoms with van der Waals surface area (Å²) in [6, 6.07) is 18.4. The first-order valence-corrected chi connectivity index (χ1v) is 17.0. The molecule has 4 aliphatic rings. The Morgan fingerprint density at radius 3 is 1.79 bits per heavy atom. The minimum atomic E-state index is 0.111. The van der Waals surface area contributed by atoms with Gasteiger partial charge in [0.1, 0.15) is 0 Å². The summed E-state index contributed by atoms with van der Waals surface area (Å²) < 4.78 is 0. The lowest BCUT2D eigenvalue weighted by Crippen LogP contribution is -2.10. The number of pyridine rings is 2. The van der Waals surface area contributed by atoms with E-state index in [9.17, 15) is 0 Å². The Hall–Kier alpha value is -5.86. The molecule has 11 rings (SSSR count). The molecule has 0 N–H and O–H groups in total. The number of nitrogens with zero attached hydrogens (tertiary/aromatic N) is 2. The van der Waals surface area contributed by atoms with Gasteiger partial charge in [-0.1, -0.05) is 134 Å². The molecule has 0 unspecified atom stereocenters. The maximum Gasteiger partial charge on any atom is 0.0593 e. The lowest BCUT2D eigenvalue weighted by molar-refractivity contribution is 0.901. The molecule has 2 nitrogen and oxygen atoms in total. The van der Waals surface area contributed by atoms with E-state index in [2.05, 4.69) is 152 Å². The Balaban J connectivity index is 1.50. The van der Waals surface area contributed by atoms with E-state index < -0.39 is 0 Å². The van der Waals surface area contributed by atoms with E-state index >= 15 is 0 Å². The average molecular weight is 611 g/mol. The van der Waals surface area contributed by atoms with Crippen molar-refractivity contribution in [2.24, 2.45) is 0 Å². The molecule has 2 aromatic heterocycles. The van der Waals surface area contributed by atoms with Gasteiger partial charge in [-0.2, -0.15) is 0 Å². The van der Waals surface area contributed by atoms with Crippen molar-refractivity contribution in [3.63, 3.8) is 0 Å². The smallest absolute Gasteiger partial charge is 0.0593 e. The second-order valence-electron chi connectivity index (χ2n) is 13.5. The number of allylic oxidation sites excluding steroid dienone is 16. The van der Waals surface area contributed by atoms with Gasteiger partial charge in [0, 0.05) is 57.6 Å². The van der Waals surface area contributed by atoms with Gasteiger partial charge in [-0.15, -0.1) is 0 Å². The SMILES string of the molecule is C1=CC(c2nc(C3C=CC=C3)c3cc4c5ccccc5cc5c6cncc7ccc(C8C=CC=C8)c(c76)c(c3c2C2C=CC=C2)c45)C=C1. The minimum Gasteiger partial charge on any atom is -0.263 e. The minimum absolute atomic E-state index is 0.111. The highest BCUT2D eigenvalue weighted by Crippen LogP contribution is 2.52. The zero-order valence-electron chi connectivity index (χ0n) is 26.2. The first-order chi connectivity index (χ1) is 23.8. The molecule has 4 aliphatic carbocycles. The third-order valence-corrected chi connectivity index (χ3v) is 11.0. The van der Waals surface area contributed by atoms with Crippen molar-refractivity contribution in [3.05, 3.63) is 181 Å². The Morgan fingerprint density at radius 1 is 0.396 bits per heavy atom. The molecule has 2 heteroatoms. The molecule has 0 aliphatic heterocycles. The van der Waals surface area contributed by atoms with Crippen molar-refractivity contribution in [1.82, 2.24) is 9.97 Å². The Labute approximate surface area is 278 Å². The third kappa shape index (κ3) is 3.52. The highest BCUT2D eigenvalue weighted by Gasteiger charge is 2.30. The Bertz CT molecular complexity index is 2750. The number of hydrogen-bond acceptors (Lipinski definition) is 2. The fourth-order valence-electron chi connectivity index (χ4n) is 8.97. The van der Waals surface area contributed by atoms with E-state index in [1.165, 1.54) is 75.8 Å². The monoisotopic (exact) mass is 610 g/mol. The second-order valence-corrected chi connectivity index (χ2v) is 13.5. The van der Waals surface area contributed by atoms with Crippen molar-refractivity contribution in [3.8, 4) is 0 Å². The molecule has 0 saturated carbocycles. The predicted octanol–water partition coefficient (Wildman–Crippen LogP) is 11.7. The molecular formula is C46H30N2. The van der Waals surface area contributed by atoms with Crippen LogP contribution >= 0.6 is 0 Å². The van der Waals surface area contributed by atoms with Crippen LogP contribution in [0.25, 0.3) is 64.6 Å². The number of hydrogen-bond donors (Lipinski definition) is 0. The maximum absolute atomic E-state index is 5.70. The number of benzene rings is 5. The van der Waals surface area contributed by atoms with Crippen molar-refractivity contribution in [1.29, 1.82) is 0 Å². The summed E-state index contributed by atoms with van der Waals surface area (Å²) in [6.45, 7) is 0. The van der Waals surface area contributed by atoms with Gasteiger partial charge in [-0.25, -0.2) is 0 Å². The lowest BCUT2D eigenvalue weighted by atomic mass is 9.78. The molecule has 0 amide bonds. The van der Waals surface area contributed by atoms with Crippen LogP contribution in [-0.2, 0) is 0 Å². The fourth-order valence-corrected chi connectivity index (χ4v) is 8.97. The van der Waals surface area contributed by atoms with Crippen molar-refractivity contribution >= 4 is 64.6 Å². The van der Waals surface area contributed by atoms with E-state index in [1.54, 1.807) is 0 Å². The maximum atomic E-state index is 5.70. The van der Waals surface area contributed by atoms with E-state index in [0.29, 0.717) is 0 Å². The quantitative estimate of drug-likeness (QED) is 0.146. The van der Waals surface area contributed by atoms with Crippen LogP contribution in [0.15, 0.2) is 158 Å². The van der Waals surface area contributed by atoms with Crippen LogP contribution in [0.2, 0.25) is 0 Å². The van der Waals surface area contributed by atoms with Crippen LogP contribution in [0.4, 0.5) is 0 Å². The zero-order valence-corrected chi connectivity index (χ0v) is 26.2. The van der Waals surface area contributed by atoms with Crippen LogP contribution < -0.4 is 0 Å². The lowest BCUT2D eigenvalue weighted by Gasteiger charge is -2.26. The molecule has 0 atom stereocenters. The molecule has 0 saturated heterocycles. The molecule has 224 valence electrons. The Kier molecular flexibility index (Phi) is 5.37. The van der Waals surface area contributed by atoms with Gasteiger partial charge in [-0.3, -0.25) is 9.97 Å². The summed E-state index contributed by atoms with van der Waals surface area (Å²) in [4.78, 5) is 10.5. The van der Waals surface area contributed by atoms with E-state index in [4.69, 9.17) is 9.97 Å². The number of fused-ring (bicyclic) bond motifs is 6. The second kappa shape index (κ2) is 9.82. The van der Waals surface area contributed by atoms with Gasteiger partial charge in [0.25, 0.3) is 0 Å². The van der Waals surface area contributed by atoms with E-state index in [1.807, 2.05) is 6.20 Å². The number of rotatable bonds is 4. The topological polar surface area (TPSA) is 25.8 Å². The van der Waals surface area contributed by atoms with E-state index in [-0.39, 0.29) is 23.7 Å². The summed E-state index contributed by atoms with van der Waals surface area (Å²) in [7, 11) is 0. The highest BCUT2D eigenvalue weighted by atomic mass is 14.7. The molecule has 0 spiro atoms. The standard InChI is InChI=1S/C46H30N2/c1-2-12-27(11-1)34-22-21-32-25-47-26-38-35-23-31-19-9-10-20-33(31)36-24-37-43(44(41(35)36)42(34)39(32)38)40(28-13-3-4-14-28)46(30-17-7-8-18-30)48-45(37)29-15-5-6-16-29/h1-30H. The first kappa shape index (κ1) is 26.2. The summed E-state index contributed by atoms with van der Waals surface area (Å²) in [5.74, 6) is 0.565. The molecule has 5 aromatic carbocycles. The van der Waals surface area contributed by atoms with Gasteiger partial charge in [0.15, 0.2) is 0 Å². The van der Waals surface area contributed by atoms with Gasteiger partial charge in [0.05, 0.1) is 11.4 Å². The van der Waals surface area contributed by atoms with Gasteiger partial charge in [0.2, 0.25) is 0 Å². The normalized spacial score (nSPS) is 17.8. The summed E-state index contributed by atoms with van der Waals surface area (Å²) in [5.41, 5.74) is 4.96. The third-order valence-electron chi connectivity index (χ3n) is 11.0. The van der Waals surface area contributed by atoms with Gasteiger partial charge >= 0.3 is 0 Å². The van der Waals surface area contributed by atoms with Crippen LogP contribution in [-0.4, -0.2) is 9.97 Å². The average Bonchev–Trinajstić information content (AvgIpc) is 3.98. The van der Waals surface area contributed by atoms with Crippen LogP contribution in [0, 0.1) is 0 Å². The predicted molar refractivity (Wildman–Crippen MR) is 202 cm³/mol. The van der Waals surface area contributed by atoms with Crippen molar-refractivity contribution in [2.75, 3.05) is 0 Å². The van der Waals surface area contributed by atoms with Gasteiger partial charge in [-0.05, 0) is 66.3 Å². The highest BCUT2D eigenvalue weighted by molar-refractivity contribution is 6.41. The largest absolute Gasteiger partial charge is 0.263 e. The molecule has 7 aromatic rings. The van der Waals surface area contributed by atoms with Crippen LogP contribution in [0.1, 0.15) is 46.2 Å². The van der Waals surface area contributed by atoms with Gasteiger partial charge < -0.3 is 0 Å².